The summed E-state index contributed by atoms with van der Waals surface area (Å²) in [5.41, 5.74) is 1.28. The number of aromatic nitrogens is 4. The zero-order valence-corrected chi connectivity index (χ0v) is 15.8. The van der Waals surface area contributed by atoms with Crippen LogP contribution in [0.15, 0.2) is 54.7 Å². The number of halogens is 2. The first-order valence-electron chi connectivity index (χ1n) is 9.50. The second kappa shape index (κ2) is 7.01. The van der Waals surface area contributed by atoms with Crippen molar-refractivity contribution in [3.05, 3.63) is 60.4 Å². The molecule has 0 bridgehead atoms. The van der Waals surface area contributed by atoms with Crippen LogP contribution in [-0.4, -0.2) is 56.1 Å². The molecule has 3 aromatic heterocycles. The first kappa shape index (κ1) is 18.4. The molecule has 1 aliphatic rings. The number of benzene rings is 1. The van der Waals surface area contributed by atoms with E-state index >= 15 is 0 Å². The van der Waals surface area contributed by atoms with E-state index < -0.39 is 24.4 Å². The number of nitrogens with zero attached hydrogens (tertiary/aromatic N) is 4. The van der Waals surface area contributed by atoms with E-state index in [4.69, 9.17) is 4.74 Å². The van der Waals surface area contributed by atoms with Crippen molar-refractivity contribution in [2.45, 2.75) is 18.4 Å². The van der Waals surface area contributed by atoms with Crippen molar-refractivity contribution in [1.29, 1.82) is 0 Å². The molecule has 5 rings (SSSR count). The summed E-state index contributed by atoms with van der Waals surface area (Å²) < 4.78 is 34.7. The average Bonchev–Trinajstić information content (AvgIpc) is 3.19. The van der Waals surface area contributed by atoms with Gasteiger partial charge in [-0.15, -0.1) is 0 Å². The maximum Gasteiger partial charge on any atom is 0.287 e. The first-order valence-corrected chi connectivity index (χ1v) is 9.50. The molecule has 30 heavy (non-hydrogen) atoms. The van der Waals surface area contributed by atoms with E-state index in [1.54, 1.807) is 36.5 Å². The number of carbonyl (C=O) groups is 1. The molecule has 7 nitrogen and oxygen atoms in total. The van der Waals surface area contributed by atoms with Crippen LogP contribution in [0.25, 0.3) is 21.9 Å². The predicted molar refractivity (Wildman–Crippen MR) is 106 cm³/mol. The lowest BCUT2D eigenvalue weighted by molar-refractivity contribution is -0.131. The number of likely N-dealkylation sites (tertiary alicyclic amines) is 1. The fraction of sp³-hybridized carbons (Fsp3) is 0.238. The number of rotatable bonds is 3. The Morgan fingerprint density at radius 2 is 2.03 bits per heavy atom. The van der Waals surface area contributed by atoms with Crippen molar-refractivity contribution in [3.8, 4) is 5.88 Å². The Balaban J connectivity index is 1.39. The van der Waals surface area contributed by atoms with E-state index in [0.29, 0.717) is 16.6 Å². The van der Waals surface area contributed by atoms with Gasteiger partial charge in [0.1, 0.15) is 0 Å². The van der Waals surface area contributed by atoms with Gasteiger partial charge in [-0.2, -0.15) is 5.10 Å². The zero-order chi connectivity index (χ0) is 20.7. The highest BCUT2D eigenvalue weighted by Crippen LogP contribution is 2.32. The lowest BCUT2D eigenvalue weighted by atomic mass is 10.0. The quantitative estimate of drug-likeness (QED) is 0.560. The minimum Gasteiger partial charge on any atom is -0.466 e. The number of piperidine rings is 1. The van der Waals surface area contributed by atoms with Crippen molar-refractivity contribution in [2.24, 2.45) is 0 Å². The van der Waals surface area contributed by atoms with Gasteiger partial charge >= 0.3 is 0 Å². The molecule has 0 spiro atoms. The molecule has 0 aliphatic carbocycles. The van der Waals surface area contributed by atoms with Crippen LogP contribution in [-0.2, 0) is 0 Å². The number of hydrogen-bond acceptors (Lipinski definition) is 5. The lowest BCUT2D eigenvalue weighted by Gasteiger charge is -2.37. The second-order valence-electron chi connectivity index (χ2n) is 7.18. The van der Waals surface area contributed by atoms with Gasteiger partial charge in [0.15, 0.2) is 17.4 Å². The molecule has 0 saturated carbocycles. The van der Waals surface area contributed by atoms with Crippen molar-refractivity contribution >= 4 is 27.8 Å². The van der Waals surface area contributed by atoms with E-state index in [1.165, 1.54) is 4.90 Å². The highest BCUT2D eigenvalue weighted by molar-refractivity contribution is 6.03. The Bertz CT molecular complexity index is 1240. The molecule has 0 radical (unpaired) electrons. The van der Waals surface area contributed by atoms with Gasteiger partial charge in [-0.25, -0.2) is 18.7 Å². The average molecular weight is 409 g/mol. The number of aromatic amines is 1. The molecular formula is C21H17F2N5O2. The number of carbonyl (C=O) groups excluding carboxylic acids is 1. The fourth-order valence-electron chi connectivity index (χ4n) is 3.60. The first-order chi connectivity index (χ1) is 14.5. The summed E-state index contributed by atoms with van der Waals surface area (Å²) in [5, 5.41) is 8.16. The van der Waals surface area contributed by atoms with E-state index in [9.17, 15) is 13.6 Å². The molecule has 152 valence electrons. The number of ether oxygens (including phenoxy) is 1. The predicted octanol–water partition coefficient (Wildman–Crippen LogP) is 3.43. The van der Waals surface area contributed by atoms with Gasteiger partial charge in [0.2, 0.25) is 5.88 Å². The van der Waals surface area contributed by atoms with Crippen LogP contribution in [0.4, 0.5) is 8.78 Å². The highest BCUT2D eigenvalue weighted by Gasteiger charge is 2.47. The lowest BCUT2D eigenvalue weighted by Crippen LogP contribution is -2.55. The maximum atomic E-state index is 14.6. The van der Waals surface area contributed by atoms with Crippen LogP contribution < -0.4 is 4.74 Å². The van der Waals surface area contributed by atoms with Gasteiger partial charge in [0.05, 0.1) is 17.4 Å². The number of hydrogen-bond donors (Lipinski definition) is 1. The number of fused-ring (bicyclic) bond motifs is 2. The van der Waals surface area contributed by atoms with Crippen molar-refractivity contribution < 1.29 is 18.3 Å². The number of H-pyrrole nitrogens is 1. The summed E-state index contributed by atoms with van der Waals surface area (Å²) in [6.45, 7) is -0.361. The minimum atomic E-state index is -3.08. The number of nitrogens with one attached hydrogen (secondary N) is 1. The molecule has 1 N–H and O–H groups in total. The van der Waals surface area contributed by atoms with E-state index in [2.05, 4.69) is 20.2 Å². The van der Waals surface area contributed by atoms with E-state index in [0.717, 1.165) is 5.39 Å². The largest absolute Gasteiger partial charge is 0.466 e. The topological polar surface area (TPSA) is 84.0 Å². The second-order valence-corrected chi connectivity index (χ2v) is 7.18. The van der Waals surface area contributed by atoms with Crippen molar-refractivity contribution in [1.82, 2.24) is 25.1 Å². The van der Waals surface area contributed by atoms with Gasteiger partial charge in [-0.1, -0.05) is 18.2 Å². The van der Waals surface area contributed by atoms with Gasteiger partial charge < -0.3 is 9.64 Å². The molecule has 1 aliphatic heterocycles. The van der Waals surface area contributed by atoms with Crippen LogP contribution in [0.2, 0.25) is 0 Å². The molecular weight excluding hydrogens is 392 g/mol. The molecule has 1 aromatic carbocycles. The van der Waals surface area contributed by atoms with Crippen LogP contribution >= 0.6 is 0 Å². The monoisotopic (exact) mass is 409 g/mol. The standard InChI is InChI=1S/C21H17F2N5O2/c22-21(23)9-11-28(20(29)18-14-5-3-10-24-19(14)27-26-18)12-16(21)30-17-8-7-13-4-1-2-6-15(13)25-17/h1-8,10,16H,9,11-12H2,(H,24,26,27)/t16-/m0/s1. The molecule has 4 aromatic rings. The summed E-state index contributed by atoms with van der Waals surface area (Å²) in [6.07, 6.45) is -0.430. The fourth-order valence-corrected chi connectivity index (χ4v) is 3.60. The van der Waals surface area contributed by atoms with E-state index in [1.807, 2.05) is 18.2 Å². The molecule has 0 unspecified atom stereocenters. The van der Waals surface area contributed by atoms with Gasteiger partial charge in [0, 0.05) is 30.6 Å². The third-order valence-corrected chi connectivity index (χ3v) is 5.23. The Morgan fingerprint density at radius 1 is 1.17 bits per heavy atom. The van der Waals surface area contributed by atoms with Crippen molar-refractivity contribution in [3.63, 3.8) is 0 Å². The maximum absolute atomic E-state index is 14.6. The van der Waals surface area contributed by atoms with Crippen LogP contribution in [0.3, 0.4) is 0 Å². The normalized spacial score (nSPS) is 18.6. The van der Waals surface area contributed by atoms with Gasteiger partial charge in [-0.3, -0.25) is 9.89 Å². The summed E-state index contributed by atoms with van der Waals surface area (Å²) in [7, 11) is 0. The molecule has 4 heterocycles. The van der Waals surface area contributed by atoms with Crippen LogP contribution in [0.1, 0.15) is 16.9 Å². The molecule has 9 heteroatoms. The number of amides is 1. The Kier molecular flexibility index (Phi) is 4.30. The van der Waals surface area contributed by atoms with Gasteiger partial charge in [0.25, 0.3) is 11.8 Å². The van der Waals surface area contributed by atoms with Crippen molar-refractivity contribution in [2.75, 3.05) is 13.1 Å². The zero-order valence-electron chi connectivity index (χ0n) is 15.8. The number of para-hydroxylation sites is 1. The van der Waals surface area contributed by atoms with Crippen LogP contribution in [0, 0.1) is 0 Å². The summed E-state index contributed by atoms with van der Waals surface area (Å²) in [4.78, 5) is 22.7. The highest BCUT2D eigenvalue weighted by atomic mass is 19.3. The minimum absolute atomic E-state index is 0.0918. The Labute approximate surface area is 169 Å². The Morgan fingerprint density at radius 3 is 2.93 bits per heavy atom. The third-order valence-electron chi connectivity index (χ3n) is 5.23. The summed E-state index contributed by atoms with van der Waals surface area (Å²) >= 11 is 0. The molecule has 1 amide bonds. The Hall–Kier alpha value is -3.62. The third kappa shape index (κ3) is 3.22. The molecule has 1 atom stereocenters. The molecule has 1 saturated heterocycles. The number of alkyl halides is 2. The summed E-state index contributed by atoms with van der Waals surface area (Å²) in [6, 6.07) is 14.1. The summed E-state index contributed by atoms with van der Waals surface area (Å²) in [5.74, 6) is -3.42. The van der Waals surface area contributed by atoms with Gasteiger partial charge in [-0.05, 0) is 24.3 Å². The van der Waals surface area contributed by atoms with E-state index in [-0.39, 0.29) is 24.7 Å². The number of pyridine rings is 2. The molecule has 1 fully saturated rings. The smallest absolute Gasteiger partial charge is 0.287 e. The van der Waals surface area contributed by atoms with Crippen LogP contribution in [0.5, 0.6) is 5.88 Å². The SMILES string of the molecule is O=C(c1n[nH]c2ncccc12)N1CCC(F)(F)[C@@H](Oc2ccc3ccccc3n2)C1.